The smallest absolute Gasteiger partial charge is 0.413 e. The fourth-order valence-electron chi connectivity index (χ4n) is 2.11. The number of carbonyl (C=O) groups is 3. The minimum atomic E-state index is -1.11. The Bertz CT molecular complexity index is 676. The molecule has 0 saturated carbocycles. The SMILES string of the molecule is CC(OC(=O)CN)OC(=O)N(C)C(C)C(=O)c1ccc2c(c1)OCO2. The van der Waals surface area contributed by atoms with Crippen LogP contribution in [0, 0.1) is 0 Å². The zero-order valence-corrected chi connectivity index (χ0v) is 14.2. The number of esters is 1. The summed E-state index contributed by atoms with van der Waals surface area (Å²) in [6.07, 6.45) is -1.92. The number of amides is 1. The maximum absolute atomic E-state index is 12.6. The Morgan fingerprint density at radius 2 is 1.88 bits per heavy atom. The van der Waals surface area contributed by atoms with Crippen molar-refractivity contribution in [2.75, 3.05) is 20.4 Å². The van der Waals surface area contributed by atoms with E-state index >= 15 is 0 Å². The van der Waals surface area contributed by atoms with Crippen molar-refractivity contribution in [3.8, 4) is 11.5 Å². The number of likely N-dealkylation sites (N-methyl/N-ethyl adjacent to an activating group) is 1. The highest BCUT2D eigenvalue weighted by molar-refractivity contribution is 6.01. The summed E-state index contributed by atoms with van der Waals surface area (Å²) >= 11 is 0. The lowest BCUT2D eigenvalue weighted by molar-refractivity contribution is -0.164. The van der Waals surface area contributed by atoms with Gasteiger partial charge in [-0.15, -0.1) is 0 Å². The van der Waals surface area contributed by atoms with Crippen molar-refractivity contribution in [2.24, 2.45) is 5.73 Å². The van der Waals surface area contributed by atoms with Gasteiger partial charge in [-0.3, -0.25) is 9.59 Å². The second-order valence-electron chi connectivity index (χ2n) is 5.36. The lowest BCUT2D eigenvalue weighted by atomic mass is 10.0. The van der Waals surface area contributed by atoms with Gasteiger partial charge in [0.1, 0.15) is 0 Å². The lowest BCUT2D eigenvalue weighted by Crippen LogP contribution is -2.42. The average molecular weight is 352 g/mol. The highest BCUT2D eigenvalue weighted by Gasteiger charge is 2.27. The first-order valence-corrected chi connectivity index (χ1v) is 7.60. The van der Waals surface area contributed by atoms with Gasteiger partial charge < -0.3 is 29.6 Å². The molecule has 1 aliphatic heterocycles. The largest absolute Gasteiger partial charge is 0.454 e. The third-order valence-electron chi connectivity index (χ3n) is 3.64. The van der Waals surface area contributed by atoms with E-state index < -0.39 is 24.4 Å². The molecule has 0 bridgehead atoms. The average Bonchev–Trinajstić information content (AvgIpc) is 3.06. The highest BCUT2D eigenvalue weighted by Crippen LogP contribution is 2.33. The first-order valence-electron chi connectivity index (χ1n) is 7.60. The number of hydrogen-bond acceptors (Lipinski definition) is 8. The fourth-order valence-corrected chi connectivity index (χ4v) is 2.11. The molecule has 1 heterocycles. The van der Waals surface area contributed by atoms with E-state index in [4.69, 9.17) is 24.7 Å². The Balaban J connectivity index is 1.98. The van der Waals surface area contributed by atoms with E-state index in [-0.39, 0.29) is 19.1 Å². The molecule has 0 spiro atoms. The summed E-state index contributed by atoms with van der Waals surface area (Å²) < 4.78 is 20.1. The Morgan fingerprint density at radius 3 is 2.56 bits per heavy atom. The van der Waals surface area contributed by atoms with Gasteiger partial charge in [0, 0.05) is 19.5 Å². The van der Waals surface area contributed by atoms with Crippen LogP contribution in [0.4, 0.5) is 4.79 Å². The highest BCUT2D eigenvalue weighted by atomic mass is 16.7. The normalized spacial score (nSPS) is 14.4. The van der Waals surface area contributed by atoms with Crippen molar-refractivity contribution in [3.63, 3.8) is 0 Å². The molecule has 1 aliphatic rings. The van der Waals surface area contributed by atoms with Gasteiger partial charge in [0.25, 0.3) is 0 Å². The van der Waals surface area contributed by atoms with Crippen molar-refractivity contribution in [1.29, 1.82) is 0 Å². The van der Waals surface area contributed by atoms with E-state index in [2.05, 4.69) is 0 Å². The zero-order chi connectivity index (χ0) is 18.6. The Hall–Kier alpha value is -2.81. The van der Waals surface area contributed by atoms with Crippen LogP contribution in [0.25, 0.3) is 0 Å². The number of nitrogens with two attached hydrogens (primary N) is 1. The molecule has 0 aromatic heterocycles. The van der Waals surface area contributed by atoms with Gasteiger partial charge in [0.05, 0.1) is 12.6 Å². The second-order valence-corrected chi connectivity index (χ2v) is 5.36. The Morgan fingerprint density at radius 1 is 1.20 bits per heavy atom. The number of ketones is 1. The molecule has 9 heteroatoms. The molecule has 25 heavy (non-hydrogen) atoms. The molecular formula is C16H20N2O7. The van der Waals surface area contributed by atoms with E-state index in [9.17, 15) is 14.4 Å². The molecule has 1 aromatic rings. The van der Waals surface area contributed by atoms with E-state index in [1.165, 1.54) is 14.0 Å². The molecule has 1 amide bonds. The van der Waals surface area contributed by atoms with Crippen LogP contribution in [0.15, 0.2) is 18.2 Å². The van der Waals surface area contributed by atoms with Crippen LogP contribution in [0.1, 0.15) is 24.2 Å². The molecule has 136 valence electrons. The van der Waals surface area contributed by atoms with Crippen molar-refractivity contribution in [3.05, 3.63) is 23.8 Å². The third-order valence-corrected chi connectivity index (χ3v) is 3.64. The van der Waals surface area contributed by atoms with Crippen molar-refractivity contribution < 1.29 is 33.3 Å². The predicted molar refractivity (Wildman–Crippen MR) is 85.2 cm³/mol. The number of ether oxygens (including phenoxy) is 4. The number of benzene rings is 1. The molecule has 0 saturated heterocycles. The van der Waals surface area contributed by atoms with Crippen LogP contribution in [-0.2, 0) is 14.3 Å². The number of nitrogens with zero attached hydrogens (tertiary/aromatic N) is 1. The molecule has 0 fully saturated rings. The van der Waals surface area contributed by atoms with Gasteiger partial charge in [-0.2, -0.15) is 0 Å². The first-order chi connectivity index (χ1) is 11.8. The number of carbonyl (C=O) groups excluding carboxylic acids is 3. The fraction of sp³-hybridized carbons (Fsp3) is 0.438. The first kappa shape index (κ1) is 18.5. The Labute approximate surface area is 144 Å². The predicted octanol–water partition coefficient (Wildman–Crippen LogP) is 0.903. The molecule has 2 N–H and O–H groups in total. The van der Waals surface area contributed by atoms with E-state index in [1.807, 2.05) is 0 Å². The number of fused-ring (bicyclic) bond motifs is 1. The van der Waals surface area contributed by atoms with Crippen molar-refractivity contribution in [2.45, 2.75) is 26.2 Å². The van der Waals surface area contributed by atoms with Gasteiger partial charge >= 0.3 is 12.1 Å². The summed E-state index contributed by atoms with van der Waals surface area (Å²) in [5.41, 5.74) is 5.49. The standard InChI is InChI=1S/C16H20N2O7/c1-9(18(3)16(21)25-10(2)24-14(19)7-17)15(20)11-4-5-12-13(6-11)23-8-22-12/h4-6,9-10H,7-8,17H2,1-3H3. The van der Waals surface area contributed by atoms with Crippen LogP contribution in [-0.4, -0.2) is 55.5 Å². The van der Waals surface area contributed by atoms with Crippen LogP contribution in [0.3, 0.4) is 0 Å². The lowest BCUT2D eigenvalue weighted by Gasteiger charge is -2.25. The van der Waals surface area contributed by atoms with Crippen LogP contribution in [0.2, 0.25) is 0 Å². The maximum Gasteiger partial charge on any atom is 0.413 e. The maximum atomic E-state index is 12.6. The monoisotopic (exact) mass is 352 g/mol. The van der Waals surface area contributed by atoms with Gasteiger partial charge in [-0.25, -0.2) is 4.79 Å². The van der Waals surface area contributed by atoms with Gasteiger partial charge in [0.15, 0.2) is 17.3 Å². The van der Waals surface area contributed by atoms with Crippen LogP contribution < -0.4 is 15.2 Å². The molecule has 9 nitrogen and oxygen atoms in total. The molecule has 2 rings (SSSR count). The van der Waals surface area contributed by atoms with Crippen LogP contribution >= 0.6 is 0 Å². The minimum absolute atomic E-state index is 0.105. The number of Topliss-reactive ketones (excluding diaryl/α,β-unsaturated/α-hetero) is 1. The van der Waals surface area contributed by atoms with E-state index in [1.54, 1.807) is 25.1 Å². The Kier molecular flexibility index (Phi) is 5.81. The van der Waals surface area contributed by atoms with Crippen LogP contribution in [0.5, 0.6) is 11.5 Å². The van der Waals surface area contributed by atoms with Gasteiger partial charge in [0.2, 0.25) is 13.1 Å². The summed E-state index contributed by atoms with van der Waals surface area (Å²) in [7, 11) is 1.41. The minimum Gasteiger partial charge on any atom is -0.454 e. The molecule has 2 unspecified atom stereocenters. The molecule has 0 aliphatic carbocycles. The molecule has 2 atom stereocenters. The quantitative estimate of drug-likeness (QED) is 0.456. The van der Waals surface area contributed by atoms with Crippen molar-refractivity contribution >= 4 is 17.8 Å². The summed E-state index contributed by atoms with van der Waals surface area (Å²) in [4.78, 5) is 36.8. The summed E-state index contributed by atoms with van der Waals surface area (Å²) in [5, 5.41) is 0. The number of rotatable bonds is 6. The van der Waals surface area contributed by atoms with Gasteiger partial charge in [-0.1, -0.05) is 0 Å². The van der Waals surface area contributed by atoms with Crippen molar-refractivity contribution in [1.82, 2.24) is 4.90 Å². The van der Waals surface area contributed by atoms with E-state index in [0.29, 0.717) is 17.1 Å². The summed E-state index contributed by atoms with van der Waals surface area (Å²) in [5.74, 6) is 0.0369. The summed E-state index contributed by atoms with van der Waals surface area (Å²) in [6.45, 7) is 2.72. The zero-order valence-electron chi connectivity index (χ0n) is 14.2. The topological polar surface area (TPSA) is 117 Å². The third kappa shape index (κ3) is 4.38. The van der Waals surface area contributed by atoms with E-state index in [0.717, 1.165) is 4.90 Å². The second kappa shape index (κ2) is 7.84. The van der Waals surface area contributed by atoms with Gasteiger partial charge in [-0.05, 0) is 25.1 Å². The summed E-state index contributed by atoms with van der Waals surface area (Å²) in [6, 6.07) is 3.99. The molecule has 0 radical (unpaired) electrons. The molecule has 1 aromatic carbocycles. The number of hydrogen-bond donors (Lipinski definition) is 1. The molecular weight excluding hydrogens is 332 g/mol.